The van der Waals surface area contributed by atoms with Gasteiger partial charge in [-0.05, 0) is 67.0 Å². The lowest BCUT2D eigenvalue weighted by Crippen LogP contribution is -2.34. The van der Waals surface area contributed by atoms with Crippen LogP contribution in [0.2, 0.25) is 0 Å². The molecule has 2 bridgehead atoms. The predicted molar refractivity (Wildman–Crippen MR) is 107 cm³/mol. The summed E-state index contributed by atoms with van der Waals surface area (Å²) in [6, 6.07) is 13.6. The average Bonchev–Trinajstić information content (AvgIpc) is 3.12. The van der Waals surface area contributed by atoms with Crippen LogP contribution in [0.15, 0.2) is 42.0 Å². The molecule has 2 unspecified atom stereocenters. The van der Waals surface area contributed by atoms with Gasteiger partial charge >= 0.3 is 0 Å². The first-order valence-corrected chi connectivity index (χ1v) is 10.2. The van der Waals surface area contributed by atoms with Crippen LogP contribution in [-0.2, 0) is 4.74 Å². The van der Waals surface area contributed by atoms with Gasteiger partial charge in [0.15, 0.2) is 0 Å². The quantitative estimate of drug-likeness (QED) is 0.605. The van der Waals surface area contributed by atoms with E-state index >= 15 is 0 Å². The van der Waals surface area contributed by atoms with Crippen molar-refractivity contribution in [2.24, 2.45) is 11.8 Å². The smallest absolute Gasteiger partial charge is 0.0912 e. The second-order valence-corrected chi connectivity index (χ2v) is 8.47. The molecule has 26 heavy (non-hydrogen) atoms. The van der Waals surface area contributed by atoms with E-state index in [0.717, 1.165) is 0 Å². The second-order valence-electron chi connectivity index (χ2n) is 8.47. The van der Waals surface area contributed by atoms with Crippen molar-refractivity contribution in [2.75, 3.05) is 0 Å². The Labute approximate surface area is 157 Å². The Morgan fingerprint density at radius 2 is 1.50 bits per heavy atom. The van der Waals surface area contributed by atoms with E-state index in [1.807, 2.05) is 0 Å². The monoisotopic (exact) mass is 344 g/mol. The van der Waals surface area contributed by atoms with E-state index in [4.69, 9.17) is 4.74 Å². The van der Waals surface area contributed by atoms with Gasteiger partial charge in [-0.2, -0.15) is 0 Å². The lowest BCUT2D eigenvalue weighted by Gasteiger charge is -2.44. The van der Waals surface area contributed by atoms with Crippen molar-refractivity contribution in [1.82, 2.24) is 0 Å². The van der Waals surface area contributed by atoms with Crippen LogP contribution in [0.3, 0.4) is 0 Å². The van der Waals surface area contributed by atoms with E-state index in [2.05, 4.69) is 64.1 Å². The van der Waals surface area contributed by atoms with Crippen LogP contribution in [0, 0.1) is 32.6 Å². The van der Waals surface area contributed by atoms with Gasteiger partial charge in [0, 0.05) is 11.8 Å². The third-order valence-corrected chi connectivity index (χ3v) is 6.77. The van der Waals surface area contributed by atoms with E-state index < -0.39 is 0 Å². The van der Waals surface area contributed by atoms with E-state index in [-0.39, 0.29) is 6.10 Å². The number of aryl methyl sites for hydroxylation is 3. The maximum atomic E-state index is 6.55. The molecule has 1 heteroatoms. The molecule has 0 amide bonds. The highest BCUT2D eigenvalue weighted by Crippen LogP contribution is 2.70. The molecule has 1 nitrogen and oxygen atoms in total. The fourth-order valence-electron chi connectivity index (χ4n) is 5.89. The second kappa shape index (κ2) is 5.82. The molecule has 2 aliphatic heterocycles. The zero-order chi connectivity index (χ0) is 18.0. The fourth-order valence-corrected chi connectivity index (χ4v) is 5.89. The van der Waals surface area contributed by atoms with Gasteiger partial charge in [-0.25, -0.2) is 0 Å². The summed E-state index contributed by atoms with van der Waals surface area (Å²) in [5, 5.41) is 0. The lowest BCUT2D eigenvalue weighted by molar-refractivity contribution is 0.0619. The van der Waals surface area contributed by atoms with E-state index in [0.29, 0.717) is 17.9 Å². The summed E-state index contributed by atoms with van der Waals surface area (Å²) < 4.78 is 6.55. The van der Waals surface area contributed by atoms with E-state index in [1.165, 1.54) is 52.6 Å². The molecule has 0 N–H and O–H groups in total. The van der Waals surface area contributed by atoms with Crippen LogP contribution in [-0.4, -0.2) is 0 Å². The van der Waals surface area contributed by atoms with Crippen molar-refractivity contribution in [3.05, 3.63) is 75.4 Å². The highest BCUT2D eigenvalue weighted by atomic mass is 16.5. The molecule has 1 saturated heterocycles. The number of unbranched alkanes of at least 4 members (excludes halogenated alkanes) is 1. The van der Waals surface area contributed by atoms with Crippen LogP contribution in [0.25, 0.3) is 5.57 Å². The van der Waals surface area contributed by atoms with Crippen molar-refractivity contribution in [3.8, 4) is 0 Å². The van der Waals surface area contributed by atoms with Gasteiger partial charge < -0.3 is 4.74 Å². The third-order valence-electron chi connectivity index (χ3n) is 6.77. The molecule has 0 aromatic heterocycles. The summed E-state index contributed by atoms with van der Waals surface area (Å²) in [5.41, 5.74) is 11.9. The van der Waals surface area contributed by atoms with Crippen LogP contribution in [0.5, 0.6) is 0 Å². The van der Waals surface area contributed by atoms with Crippen molar-refractivity contribution in [2.45, 2.75) is 59.2 Å². The Hall–Kier alpha value is -1.86. The molecular weight excluding hydrogens is 316 g/mol. The summed E-state index contributed by atoms with van der Waals surface area (Å²) >= 11 is 0. The standard InChI is InChI=1S/C25H28O/c1-5-6-9-19-21(20-15(3)12-14(2)13-16(20)4)23-22(19)24-17-10-7-8-11-18(17)25(23)26-24/h7-8,10-13,22-25H,5-6,9H2,1-4H3/t22-,23?,24-,25?/m1/s1. The van der Waals surface area contributed by atoms with Crippen molar-refractivity contribution in [3.63, 3.8) is 0 Å². The largest absolute Gasteiger partial charge is 0.364 e. The van der Waals surface area contributed by atoms with Crippen molar-refractivity contribution >= 4 is 5.57 Å². The van der Waals surface area contributed by atoms with Crippen LogP contribution >= 0.6 is 0 Å². The topological polar surface area (TPSA) is 9.23 Å². The van der Waals surface area contributed by atoms with E-state index in [9.17, 15) is 0 Å². The Balaban J connectivity index is 1.65. The Morgan fingerprint density at radius 1 is 0.885 bits per heavy atom. The molecule has 5 rings (SSSR count). The summed E-state index contributed by atoms with van der Waals surface area (Å²) in [7, 11) is 0. The van der Waals surface area contributed by atoms with Gasteiger partial charge in [0.25, 0.3) is 0 Å². The molecule has 3 aliphatic rings. The van der Waals surface area contributed by atoms with E-state index in [1.54, 1.807) is 11.1 Å². The molecule has 2 aromatic carbocycles. The molecule has 2 heterocycles. The maximum absolute atomic E-state index is 6.55. The van der Waals surface area contributed by atoms with Gasteiger partial charge in [0.2, 0.25) is 0 Å². The summed E-state index contributed by atoms with van der Waals surface area (Å²) in [6.45, 7) is 9.08. The molecule has 0 spiro atoms. The average molecular weight is 344 g/mol. The number of hydrogen-bond acceptors (Lipinski definition) is 1. The molecule has 0 saturated carbocycles. The molecule has 4 atom stereocenters. The highest BCUT2D eigenvalue weighted by Gasteiger charge is 2.60. The number of benzene rings is 2. The third kappa shape index (κ3) is 2.07. The molecule has 134 valence electrons. The first kappa shape index (κ1) is 16.3. The van der Waals surface area contributed by atoms with Crippen molar-refractivity contribution < 1.29 is 4.74 Å². The Bertz CT molecular complexity index is 896. The molecule has 2 aromatic rings. The summed E-state index contributed by atoms with van der Waals surface area (Å²) in [6.07, 6.45) is 4.33. The molecule has 1 fully saturated rings. The van der Waals surface area contributed by atoms with Crippen LogP contribution in [0.4, 0.5) is 0 Å². The SMILES string of the molecule is CCCCC1=C(c2c(C)cc(C)cc2C)C2C3O[C@H](c4ccccc43)[C@H]12. The van der Waals surface area contributed by atoms with Crippen LogP contribution in [0.1, 0.15) is 71.8 Å². The summed E-state index contributed by atoms with van der Waals surface area (Å²) in [4.78, 5) is 0. The predicted octanol–water partition coefficient (Wildman–Crippen LogP) is 6.63. The fraction of sp³-hybridized carbons (Fsp3) is 0.440. The first-order valence-electron chi connectivity index (χ1n) is 10.2. The minimum Gasteiger partial charge on any atom is -0.364 e. The number of hydrogen-bond donors (Lipinski definition) is 0. The summed E-state index contributed by atoms with van der Waals surface area (Å²) in [5.74, 6) is 1.17. The normalized spacial score (nSPS) is 28.2. The molecular formula is C25H28O. The zero-order valence-electron chi connectivity index (χ0n) is 16.3. The Kier molecular flexibility index (Phi) is 3.66. The van der Waals surface area contributed by atoms with Gasteiger partial charge in [-0.3, -0.25) is 0 Å². The maximum Gasteiger partial charge on any atom is 0.0912 e. The first-order chi connectivity index (χ1) is 12.6. The zero-order valence-corrected chi connectivity index (χ0v) is 16.3. The molecule has 1 aliphatic carbocycles. The molecule has 0 radical (unpaired) electrons. The van der Waals surface area contributed by atoms with Crippen LogP contribution < -0.4 is 0 Å². The number of rotatable bonds is 4. The number of ether oxygens (including phenoxy) is 1. The van der Waals surface area contributed by atoms with Crippen molar-refractivity contribution in [1.29, 1.82) is 0 Å². The van der Waals surface area contributed by atoms with Gasteiger partial charge in [0.1, 0.15) is 0 Å². The minimum atomic E-state index is 0.265. The minimum absolute atomic E-state index is 0.265. The van der Waals surface area contributed by atoms with Gasteiger partial charge in [0.05, 0.1) is 12.2 Å². The lowest BCUT2D eigenvalue weighted by atomic mass is 9.57. The Morgan fingerprint density at radius 3 is 2.12 bits per heavy atom. The highest BCUT2D eigenvalue weighted by molar-refractivity contribution is 5.83. The number of fused-ring (bicyclic) bond motifs is 8. The van der Waals surface area contributed by atoms with Gasteiger partial charge in [-0.15, -0.1) is 0 Å². The van der Waals surface area contributed by atoms with Gasteiger partial charge in [-0.1, -0.05) is 60.9 Å².